The van der Waals surface area contributed by atoms with Gasteiger partial charge >= 0.3 is 0 Å². The van der Waals surface area contributed by atoms with Crippen LogP contribution in [-0.4, -0.2) is 49.7 Å². The molecule has 0 amide bonds. The van der Waals surface area contributed by atoms with Crippen LogP contribution in [0.2, 0.25) is 0 Å². The van der Waals surface area contributed by atoms with E-state index in [1.165, 1.54) is 11.1 Å². The van der Waals surface area contributed by atoms with Crippen LogP contribution in [0, 0.1) is 0 Å². The fourth-order valence-electron chi connectivity index (χ4n) is 3.19. The number of benzene rings is 1. The van der Waals surface area contributed by atoms with Crippen molar-refractivity contribution in [2.24, 2.45) is 0 Å². The van der Waals surface area contributed by atoms with E-state index in [2.05, 4.69) is 23.1 Å². The number of halogens is 1. The monoisotopic (exact) mass is 309 g/mol. The van der Waals surface area contributed by atoms with Crippen LogP contribution in [0.1, 0.15) is 24.0 Å². The van der Waals surface area contributed by atoms with E-state index in [0.717, 1.165) is 57.7 Å². The second-order valence-corrected chi connectivity index (χ2v) is 6.27. The molecule has 3 rings (SSSR count). The Bertz CT molecular complexity index is 458. The molecule has 1 saturated heterocycles. The van der Waals surface area contributed by atoms with Gasteiger partial charge in [-0.15, -0.1) is 11.6 Å². The van der Waals surface area contributed by atoms with Gasteiger partial charge in [-0.3, -0.25) is 0 Å². The average Bonchev–Trinajstić information content (AvgIpc) is 2.99. The Kier molecular flexibility index (Phi) is 5.39. The topological polar surface area (TPSA) is 21.7 Å². The molecule has 3 nitrogen and oxygen atoms in total. The Balaban J connectivity index is 1.42. The van der Waals surface area contributed by atoms with Crippen molar-refractivity contribution in [3.8, 4) is 5.75 Å². The number of alkyl halides is 1. The van der Waals surface area contributed by atoms with E-state index in [4.69, 9.17) is 21.1 Å². The SMILES string of the molecule is ClCCOC1CCN(CCc2ccc3c(c2)CCO3)CC1. The van der Waals surface area contributed by atoms with Crippen molar-refractivity contribution in [1.82, 2.24) is 4.90 Å². The van der Waals surface area contributed by atoms with Crippen LogP contribution in [0.25, 0.3) is 0 Å². The van der Waals surface area contributed by atoms with Gasteiger partial charge in [-0.05, 0) is 36.5 Å². The predicted molar refractivity (Wildman–Crippen MR) is 85.5 cm³/mol. The largest absolute Gasteiger partial charge is 0.493 e. The van der Waals surface area contributed by atoms with E-state index in [9.17, 15) is 0 Å². The molecule has 0 radical (unpaired) electrons. The van der Waals surface area contributed by atoms with E-state index < -0.39 is 0 Å². The highest BCUT2D eigenvalue weighted by Gasteiger charge is 2.19. The maximum Gasteiger partial charge on any atom is 0.122 e. The Morgan fingerprint density at radius 1 is 1.29 bits per heavy atom. The van der Waals surface area contributed by atoms with Gasteiger partial charge in [-0.25, -0.2) is 0 Å². The molecule has 0 unspecified atom stereocenters. The third-order valence-electron chi connectivity index (χ3n) is 4.44. The summed E-state index contributed by atoms with van der Waals surface area (Å²) in [5.74, 6) is 1.68. The molecule has 0 saturated carbocycles. The highest BCUT2D eigenvalue weighted by molar-refractivity contribution is 6.17. The molecule has 0 N–H and O–H groups in total. The van der Waals surface area contributed by atoms with Crippen LogP contribution >= 0.6 is 11.6 Å². The van der Waals surface area contributed by atoms with E-state index in [0.29, 0.717) is 18.6 Å². The average molecular weight is 310 g/mol. The van der Waals surface area contributed by atoms with Crippen molar-refractivity contribution in [2.75, 3.05) is 38.7 Å². The molecule has 2 heterocycles. The van der Waals surface area contributed by atoms with Crippen LogP contribution in [-0.2, 0) is 17.6 Å². The molecule has 1 aromatic rings. The molecule has 0 atom stereocenters. The molecular weight excluding hydrogens is 286 g/mol. The first-order chi connectivity index (χ1) is 10.3. The minimum absolute atomic E-state index is 0.414. The minimum Gasteiger partial charge on any atom is -0.493 e. The summed E-state index contributed by atoms with van der Waals surface area (Å²) in [5, 5.41) is 0. The summed E-state index contributed by atoms with van der Waals surface area (Å²) in [7, 11) is 0. The van der Waals surface area contributed by atoms with Gasteiger partial charge in [0.1, 0.15) is 5.75 Å². The maximum absolute atomic E-state index is 5.72. The molecule has 1 aromatic carbocycles. The van der Waals surface area contributed by atoms with Crippen molar-refractivity contribution in [1.29, 1.82) is 0 Å². The normalized spacial score (nSPS) is 19.5. The molecule has 2 aliphatic heterocycles. The van der Waals surface area contributed by atoms with Gasteiger partial charge < -0.3 is 14.4 Å². The molecule has 21 heavy (non-hydrogen) atoms. The third kappa shape index (κ3) is 4.12. The van der Waals surface area contributed by atoms with Crippen molar-refractivity contribution in [2.45, 2.75) is 31.8 Å². The van der Waals surface area contributed by atoms with E-state index >= 15 is 0 Å². The third-order valence-corrected chi connectivity index (χ3v) is 4.59. The van der Waals surface area contributed by atoms with Crippen LogP contribution in [0.15, 0.2) is 18.2 Å². The number of likely N-dealkylation sites (tertiary alicyclic amines) is 1. The molecule has 0 aromatic heterocycles. The van der Waals surface area contributed by atoms with Crippen LogP contribution in [0.4, 0.5) is 0 Å². The van der Waals surface area contributed by atoms with E-state index in [1.54, 1.807) is 0 Å². The zero-order valence-electron chi connectivity index (χ0n) is 12.5. The Morgan fingerprint density at radius 2 is 2.14 bits per heavy atom. The quantitative estimate of drug-likeness (QED) is 0.754. The standard InChI is InChI=1S/C17H24ClNO2/c18-7-12-20-16-4-9-19(10-5-16)8-3-14-1-2-17-15(13-14)6-11-21-17/h1-2,13,16H,3-12H2. The van der Waals surface area contributed by atoms with Crippen molar-refractivity contribution in [3.05, 3.63) is 29.3 Å². The fourth-order valence-corrected chi connectivity index (χ4v) is 3.28. The van der Waals surface area contributed by atoms with Gasteiger partial charge in [0.25, 0.3) is 0 Å². The highest BCUT2D eigenvalue weighted by atomic mass is 35.5. The second-order valence-electron chi connectivity index (χ2n) is 5.89. The lowest BCUT2D eigenvalue weighted by molar-refractivity contribution is 0.0155. The number of fused-ring (bicyclic) bond motifs is 1. The van der Waals surface area contributed by atoms with Gasteiger partial charge in [-0.2, -0.15) is 0 Å². The lowest BCUT2D eigenvalue weighted by Crippen LogP contribution is -2.38. The highest BCUT2D eigenvalue weighted by Crippen LogP contribution is 2.26. The van der Waals surface area contributed by atoms with E-state index in [1.807, 2.05) is 0 Å². The number of nitrogens with zero attached hydrogens (tertiary/aromatic N) is 1. The lowest BCUT2D eigenvalue weighted by Gasteiger charge is -2.31. The number of rotatable bonds is 6. The molecule has 2 aliphatic rings. The van der Waals surface area contributed by atoms with Gasteiger partial charge in [0, 0.05) is 31.9 Å². The number of hydrogen-bond acceptors (Lipinski definition) is 3. The summed E-state index contributed by atoms with van der Waals surface area (Å²) in [4.78, 5) is 2.55. The lowest BCUT2D eigenvalue weighted by atomic mass is 10.0. The van der Waals surface area contributed by atoms with Gasteiger partial charge in [0.2, 0.25) is 0 Å². The van der Waals surface area contributed by atoms with Crippen molar-refractivity contribution < 1.29 is 9.47 Å². The summed E-state index contributed by atoms with van der Waals surface area (Å²) in [6.07, 6.45) is 4.87. The number of hydrogen-bond donors (Lipinski definition) is 0. The smallest absolute Gasteiger partial charge is 0.122 e. The van der Waals surface area contributed by atoms with Gasteiger partial charge in [0.05, 0.1) is 19.3 Å². The number of ether oxygens (including phenoxy) is 2. The molecule has 116 valence electrons. The zero-order chi connectivity index (χ0) is 14.5. The summed E-state index contributed by atoms with van der Waals surface area (Å²) in [6.45, 7) is 4.95. The first kappa shape index (κ1) is 15.1. The van der Waals surface area contributed by atoms with Crippen molar-refractivity contribution in [3.63, 3.8) is 0 Å². The predicted octanol–water partition coefficient (Wildman–Crippen LogP) is 2.88. The molecule has 1 fully saturated rings. The molecule has 0 spiro atoms. The van der Waals surface area contributed by atoms with Gasteiger partial charge in [-0.1, -0.05) is 12.1 Å². The van der Waals surface area contributed by atoms with Crippen molar-refractivity contribution >= 4 is 11.6 Å². The van der Waals surface area contributed by atoms with Crippen LogP contribution in [0.5, 0.6) is 5.75 Å². The summed E-state index contributed by atoms with van der Waals surface area (Å²) < 4.78 is 11.3. The van der Waals surface area contributed by atoms with Crippen LogP contribution < -0.4 is 4.74 Å². The first-order valence-corrected chi connectivity index (χ1v) is 8.53. The molecule has 0 aliphatic carbocycles. The Hall–Kier alpha value is -0.770. The minimum atomic E-state index is 0.414. The first-order valence-electron chi connectivity index (χ1n) is 7.99. The summed E-state index contributed by atoms with van der Waals surface area (Å²) in [6, 6.07) is 6.66. The fraction of sp³-hybridized carbons (Fsp3) is 0.647. The van der Waals surface area contributed by atoms with Gasteiger partial charge in [0.15, 0.2) is 0 Å². The number of piperidine rings is 1. The maximum atomic E-state index is 5.72. The zero-order valence-corrected chi connectivity index (χ0v) is 13.3. The van der Waals surface area contributed by atoms with Crippen LogP contribution in [0.3, 0.4) is 0 Å². The second kappa shape index (κ2) is 7.48. The molecular formula is C17H24ClNO2. The summed E-state index contributed by atoms with van der Waals surface area (Å²) >= 11 is 5.66. The molecule has 4 heteroatoms. The molecule has 0 bridgehead atoms. The Morgan fingerprint density at radius 3 is 2.95 bits per heavy atom. The summed E-state index contributed by atoms with van der Waals surface area (Å²) in [5.41, 5.74) is 2.81. The Labute approximate surface area is 132 Å². The van der Waals surface area contributed by atoms with E-state index in [-0.39, 0.29) is 0 Å².